The maximum Gasteiger partial charge on any atom is 0.422 e. The zero-order valence-corrected chi connectivity index (χ0v) is 12.6. The number of rotatable bonds is 6. The second kappa shape index (κ2) is 7.60. The smallest absolute Gasteiger partial charge is 0.422 e. The van der Waals surface area contributed by atoms with E-state index in [2.05, 4.69) is 15.0 Å². The van der Waals surface area contributed by atoms with Crippen LogP contribution >= 0.6 is 0 Å². The van der Waals surface area contributed by atoms with Crippen molar-refractivity contribution in [3.8, 4) is 5.75 Å². The van der Waals surface area contributed by atoms with Crippen molar-refractivity contribution in [1.82, 2.24) is 10.3 Å². The van der Waals surface area contributed by atoms with Gasteiger partial charge in [-0.3, -0.25) is 19.9 Å². The van der Waals surface area contributed by atoms with Crippen LogP contribution in [0.15, 0.2) is 42.6 Å². The molecule has 0 bridgehead atoms. The Morgan fingerprint density at radius 3 is 2.64 bits per heavy atom. The number of ether oxygens (including phenoxy) is 1. The summed E-state index contributed by atoms with van der Waals surface area (Å²) in [6.45, 7) is -1.57. The fourth-order valence-electron chi connectivity index (χ4n) is 1.88. The summed E-state index contributed by atoms with van der Waals surface area (Å²) in [5.41, 5.74) is -0.429. The van der Waals surface area contributed by atoms with Crippen LogP contribution in [0.5, 0.6) is 5.75 Å². The number of nitro groups is 1. The van der Waals surface area contributed by atoms with Crippen LogP contribution in [0.25, 0.3) is 0 Å². The Kier molecular flexibility index (Phi) is 5.52. The van der Waals surface area contributed by atoms with E-state index in [9.17, 15) is 28.1 Å². The number of halogens is 3. The third-order valence-corrected chi connectivity index (χ3v) is 2.97. The van der Waals surface area contributed by atoms with Crippen molar-refractivity contribution in [3.63, 3.8) is 0 Å². The van der Waals surface area contributed by atoms with Crippen LogP contribution in [0.3, 0.4) is 0 Å². The molecule has 0 spiro atoms. The summed E-state index contributed by atoms with van der Waals surface area (Å²) in [6.07, 6.45) is -3.06. The van der Waals surface area contributed by atoms with Gasteiger partial charge in [0, 0.05) is 12.3 Å². The lowest BCUT2D eigenvalue weighted by Gasteiger charge is -2.11. The van der Waals surface area contributed by atoms with E-state index in [1.54, 1.807) is 18.2 Å². The molecule has 0 aliphatic carbocycles. The molecule has 0 radical (unpaired) electrons. The van der Waals surface area contributed by atoms with Crippen LogP contribution in [0.1, 0.15) is 16.1 Å². The summed E-state index contributed by atoms with van der Waals surface area (Å²) in [4.78, 5) is 26.4. The van der Waals surface area contributed by atoms with Gasteiger partial charge in [0.2, 0.25) is 0 Å². The van der Waals surface area contributed by atoms with Gasteiger partial charge in [0.05, 0.1) is 17.2 Å². The lowest BCUT2D eigenvalue weighted by Crippen LogP contribution is -2.24. The third kappa shape index (κ3) is 5.44. The van der Waals surface area contributed by atoms with Crippen LogP contribution in [0.4, 0.5) is 18.9 Å². The predicted octanol–water partition coefficient (Wildman–Crippen LogP) is 2.86. The monoisotopic (exact) mass is 355 g/mol. The lowest BCUT2D eigenvalue weighted by molar-refractivity contribution is -0.385. The van der Waals surface area contributed by atoms with E-state index in [1.807, 2.05) is 0 Å². The molecule has 1 heterocycles. The average Bonchev–Trinajstić information content (AvgIpc) is 2.57. The van der Waals surface area contributed by atoms with Crippen molar-refractivity contribution >= 4 is 11.6 Å². The second-order valence-electron chi connectivity index (χ2n) is 4.84. The highest BCUT2D eigenvalue weighted by molar-refractivity contribution is 5.98. The van der Waals surface area contributed by atoms with Gasteiger partial charge in [-0.2, -0.15) is 13.2 Å². The fraction of sp³-hybridized carbons (Fsp3) is 0.200. The van der Waals surface area contributed by atoms with Gasteiger partial charge >= 0.3 is 6.18 Å². The lowest BCUT2D eigenvalue weighted by atomic mass is 10.1. The zero-order valence-electron chi connectivity index (χ0n) is 12.6. The van der Waals surface area contributed by atoms with Gasteiger partial charge in [-0.1, -0.05) is 6.07 Å². The van der Waals surface area contributed by atoms with E-state index in [4.69, 9.17) is 0 Å². The highest BCUT2D eigenvalue weighted by Gasteiger charge is 2.29. The zero-order chi connectivity index (χ0) is 18.4. The number of nitrogens with one attached hydrogen (secondary N) is 1. The molecule has 2 rings (SSSR count). The number of hydrogen-bond donors (Lipinski definition) is 1. The Hall–Kier alpha value is -3.17. The van der Waals surface area contributed by atoms with Crippen molar-refractivity contribution in [2.45, 2.75) is 12.7 Å². The molecule has 1 aromatic carbocycles. The standard InChI is InChI=1S/C15H12F3N3O4/c16-15(17,18)9-25-11-4-5-13(21(23)24)12(7-11)14(22)20-8-10-3-1-2-6-19-10/h1-7H,8-9H2,(H,20,22). The first-order valence-corrected chi connectivity index (χ1v) is 6.92. The highest BCUT2D eigenvalue weighted by atomic mass is 19.4. The number of carbonyl (C=O) groups excluding carboxylic acids is 1. The quantitative estimate of drug-likeness (QED) is 0.635. The minimum absolute atomic E-state index is 0.00443. The first-order chi connectivity index (χ1) is 11.8. The number of hydrogen-bond acceptors (Lipinski definition) is 5. The summed E-state index contributed by atoms with van der Waals surface area (Å²) in [6, 6.07) is 7.83. The summed E-state index contributed by atoms with van der Waals surface area (Å²) in [5, 5.41) is 13.4. The van der Waals surface area contributed by atoms with Gasteiger partial charge in [-0.05, 0) is 24.3 Å². The molecule has 0 fully saturated rings. The van der Waals surface area contributed by atoms with Crippen molar-refractivity contribution in [1.29, 1.82) is 0 Å². The maximum atomic E-state index is 12.2. The molecule has 1 N–H and O–H groups in total. The SMILES string of the molecule is O=C(NCc1ccccn1)c1cc(OCC(F)(F)F)ccc1[N+](=O)[O-]. The molecule has 0 atom stereocenters. The summed E-state index contributed by atoms with van der Waals surface area (Å²) >= 11 is 0. The van der Waals surface area contributed by atoms with Crippen molar-refractivity contribution in [2.24, 2.45) is 0 Å². The number of amides is 1. The van der Waals surface area contributed by atoms with E-state index in [0.717, 1.165) is 18.2 Å². The topological polar surface area (TPSA) is 94.4 Å². The Morgan fingerprint density at radius 1 is 1.28 bits per heavy atom. The van der Waals surface area contributed by atoms with Gasteiger partial charge in [0.1, 0.15) is 11.3 Å². The van der Waals surface area contributed by atoms with Crippen molar-refractivity contribution < 1.29 is 27.6 Å². The van der Waals surface area contributed by atoms with E-state index in [-0.39, 0.29) is 12.3 Å². The van der Waals surface area contributed by atoms with Gasteiger partial charge in [-0.15, -0.1) is 0 Å². The molecule has 132 valence electrons. The van der Waals surface area contributed by atoms with E-state index in [0.29, 0.717) is 5.69 Å². The molecule has 25 heavy (non-hydrogen) atoms. The van der Waals surface area contributed by atoms with Crippen molar-refractivity contribution in [2.75, 3.05) is 6.61 Å². The average molecular weight is 355 g/mol. The van der Waals surface area contributed by atoms with Gasteiger partial charge in [0.25, 0.3) is 11.6 Å². The summed E-state index contributed by atoms with van der Waals surface area (Å²) < 4.78 is 41.1. The van der Waals surface area contributed by atoms with Gasteiger partial charge in [-0.25, -0.2) is 0 Å². The molecular weight excluding hydrogens is 343 g/mol. The second-order valence-corrected chi connectivity index (χ2v) is 4.84. The molecule has 2 aromatic rings. The molecule has 0 aliphatic heterocycles. The third-order valence-electron chi connectivity index (χ3n) is 2.97. The van der Waals surface area contributed by atoms with E-state index < -0.39 is 34.9 Å². The van der Waals surface area contributed by atoms with Crippen LogP contribution in [0, 0.1) is 10.1 Å². The molecule has 0 aliphatic rings. The Labute approximate surface area is 139 Å². The van der Waals surface area contributed by atoms with Crippen LogP contribution in [-0.4, -0.2) is 28.6 Å². The molecule has 7 nitrogen and oxygen atoms in total. The van der Waals surface area contributed by atoms with E-state index >= 15 is 0 Å². The molecule has 0 saturated heterocycles. The number of aromatic nitrogens is 1. The Morgan fingerprint density at radius 2 is 2.04 bits per heavy atom. The van der Waals surface area contributed by atoms with Crippen LogP contribution in [-0.2, 0) is 6.54 Å². The normalized spacial score (nSPS) is 11.0. The summed E-state index contributed by atoms with van der Waals surface area (Å²) in [7, 11) is 0. The summed E-state index contributed by atoms with van der Waals surface area (Å²) in [5.74, 6) is -1.12. The largest absolute Gasteiger partial charge is 0.484 e. The number of alkyl halides is 3. The number of pyridine rings is 1. The Balaban J connectivity index is 2.17. The van der Waals surface area contributed by atoms with Gasteiger partial charge < -0.3 is 10.1 Å². The number of carbonyl (C=O) groups is 1. The molecule has 0 unspecified atom stereocenters. The number of nitro benzene ring substituents is 1. The molecule has 1 aromatic heterocycles. The van der Waals surface area contributed by atoms with Crippen molar-refractivity contribution in [3.05, 3.63) is 64.0 Å². The minimum Gasteiger partial charge on any atom is -0.484 e. The van der Waals surface area contributed by atoms with Gasteiger partial charge in [0.15, 0.2) is 6.61 Å². The molecule has 10 heteroatoms. The Bertz CT molecular complexity index is 766. The molecule has 0 saturated carbocycles. The number of nitrogens with zero attached hydrogens (tertiary/aromatic N) is 2. The molecular formula is C15H12F3N3O4. The van der Waals surface area contributed by atoms with Crippen LogP contribution < -0.4 is 10.1 Å². The minimum atomic E-state index is -4.57. The fourth-order valence-corrected chi connectivity index (χ4v) is 1.88. The first kappa shape index (κ1) is 18.2. The number of benzene rings is 1. The predicted molar refractivity (Wildman–Crippen MR) is 80.1 cm³/mol. The maximum absolute atomic E-state index is 12.2. The van der Waals surface area contributed by atoms with E-state index in [1.165, 1.54) is 6.20 Å². The molecule has 1 amide bonds. The first-order valence-electron chi connectivity index (χ1n) is 6.92. The van der Waals surface area contributed by atoms with Crippen LogP contribution in [0.2, 0.25) is 0 Å². The highest BCUT2D eigenvalue weighted by Crippen LogP contribution is 2.25.